The van der Waals surface area contributed by atoms with Crippen LogP contribution >= 0.6 is 0 Å². The van der Waals surface area contributed by atoms with Crippen LogP contribution < -0.4 is 5.48 Å². The van der Waals surface area contributed by atoms with Crippen LogP contribution in [0.5, 0.6) is 0 Å². The first kappa shape index (κ1) is 36.1. The summed E-state index contributed by atoms with van der Waals surface area (Å²) in [5.41, 5.74) is 2.86. The van der Waals surface area contributed by atoms with E-state index in [1.807, 2.05) is 0 Å². The Morgan fingerprint density at radius 1 is 0.667 bits per heavy atom. The van der Waals surface area contributed by atoms with Gasteiger partial charge in [-0.2, -0.15) is 0 Å². The van der Waals surface area contributed by atoms with E-state index in [1.54, 1.807) is 13.8 Å². The van der Waals surface area contributed by atoms with Crippen LogP contribution in [0.2, 0.25) is 0 Å². The molecule has 0 aliphatic rings. The van der Waals surface area contributed by atoms with Gasteiger partial charge in [0.05, 0.1) is 39.3 Å². The van der Waals surface area contributed by atoms with Crippen molar-refractivity contribution in [3.05, 3.63) is 24.3 Å². The molecule has 0 saturated carbocycles. The van der Waals surface area contributed by atoms with E-state index in [0.29, 0.717) is 55.5 Å². The topological polar surface area (TPSA) is 168 Å². The number of esters is 2. The van der Waals surface area contributed by atoms with Crippen LogP contribution in [0.4, 0.5) is 0 Å². The maximum Gasteiger partial charge on any atom is 0.333 e. The molecule has 0 bridgehead atoms. The van der Waals surface area contributed by atoms with E-state index in [0.717, 1.165) is 0 Å². The molecular weight excluding hydrogens is 520 g/mol. The highest BCUT2D eigenvalue weighted by atomic mass is 16.7. The van der Waals surface area contributed by atoms with Crippen molar-refractivity contribution in [2.75, 3.05) is 72.7 Å². The molecule has 0 fully saturated rings. The van der Waals surface area contributed by atoms with Crippen molar-refractivity contribution in [2.45, 2.75) is 39.5 Å². The van der Waals surface area contributed by atoms with Crippen LogP contribution in [-0.4, -0.2) is 107 Å². The largest absolute Gasteiger partial charge is 0.460 e. The molecule has 0 atom stereocenters. The zero-order chi connectivity index (χ0) is 29.3. The highest BCUT2D eigenvalue weighted by Crippen LogP contribution is 1.96. The number of hydrogen-bond acceptors (Lipinski definition) is 13. The molecule has 0 unspecified atom stereocenters. The molecule has 0 aromatic heterocycles. The molecule has 0 aromatic rings. The Hall–Kier alpha value is -2.88. The third-order valence-corrected chi connectivity index (χ3v) is 4.37. The van der Waals surface area contributed by atoms with Gasteiger partial charge in [-0.05, 0) is 26.7 Å². The van der Waals surface area contributed by atoms with Gasteiger partial charge in [0.15, 0.2) is 0 Å². The molecule has 0 saturated heterocycles. The Bertz CT molecular complexity index is 759. The maximum atomic E-state index is 11.8. The molecule has 0 spiro atoms. The molecule has 1 amide bonds. The molecule has 14 heteroatoms. The second-order valence-corrected chi connectivity index (χ2v) is 8.06. The van der Waals surface area contributed by atoms with Crippen LogP contribution in [-0.2, 0) is 52.4 Å². The second-order valence-electron chi connectivity index (χ2n) is 8.06. The number of hydrogen-bond donors (Lipinski definition) is 2. The number of ether oxygens (including phenoxy) is 6. The first-order valence-corrected chi connectivity index (χ1v) is 12.5. The minimum absolute atomic E-state index is 0.0265. The van der Waals surface area contributed by atoms with E-state index in [4.69, 9.17) is 33.3 Å². The SMILES string of the molecule is C=C(C)C(=O)OCCOCCCOCCC(=O)ONCN(O)C(=O)CCOCCCOCCOC(=O)C(=C)C. The lowest BCUT2D eigenvalue weighted by molar-refractivity contribution is -0.181. The van der Waals surface area contributed by atoms with E-state index in [-0.39, 0.29) is 52.5 Å². The minimum Gasteiger partial charge on any atom is -0.460 e. The number of carbonyl (C=O) groups is 4. The standard InChI is InChI=1S/C25H42N2O12/c1-20(2)24(30)37-17-15-35-11-5-9-33-13-7-22(28)27(32)19-26-39-23(29)8-14-34-10-6-12-36-16-18-38-25(31)21(3)4/h26,32H,1,3,5-19H2,2,4H3. The first-order valence-electron chi connectivity index (χ1n) is 12.5. The Labute approximate surface area is 229 Å². The average Bonchev–Trinajstić information content (AvgIpc) is 2.89. The predicted molar refractivity (Wildman–Crippen MR) is 136 cm³/mol. The zero-order valence-electron chi connectivity index (χ0n) is 22.9. The molecule has 224 valence electrons. The van der Waals surface area contributed by atoms with Crippen molar-refractivity contribution in [3.8, 4) is 0 Å². The molecular formula is C25H42N2O12. The number of hydroxylamine groups is 3. The van der Waals surface area contributed by atoms with Gasteiger partial charge in [-0.15, -0.1) is 5.48 Å². The normalized spacial score (nSPS) is 10.5. The number of rotatable bonds is 25. The van der Waals surface area contributed by atoms with Crippen LogP contribution in [0.1, 0.15) is 39.5 Å². The third-order valence-electron chi connectivity index (χ3n) is 4.37. The molecule has 0 rings (SSSR count). The minimum atomic E-state index is -0.619. The fraction of sp³-hybridized carbons (Fsp3) is 0.680. The summed E-state index contributed by atoms with van der Waals surface area (Å²) in [6.07, 6.45) is 1.08. The first-order chi connectivity index (χ1) is 18.6. The van der Waals surface area contributed by atoms with E-state index in [9.17, 15) is 24.4 Å². The molecule has 14 nitrogen and oxygen atoms in total. The Morgan fingerprint density at radius 2 is 1.10 bits per heavy atom. The summed E-state index contributed by atoms with van der Waals surface area (Å²) in [6.45, 7) is 12.2. The Morgan fingerprint density at radius 3 is 1.56 bits per heavy atom. The predicted octanol–water partition coefficient (Wildman–Crippen LogP) is 1.07. The quantitative estimate of drug-likeness (QED) is 0.0309. The highest BCUT2D eigenvalue weighted by molar-refractivity contribution is 5.87. The van der Waals surface area contributed by atoms with Crippen LogP contribution in [0.3, 0.4) is 0 Å². The smallest absolute Gasteiger partial charge is 0.333 e. The van der Waals surface area contributed by atoms with Crippen molar-refractivity contribution in [3.63, 3.8) is 0 Å². The van der Waals surface area contributed by atoms with Gasteiger partial charge in [0.1, 0.15) is 19.9 Å². The van der Waals surface area contributed by atoms with E-state index in [2.05, 4.69) is 18.6 Å². The summed E-state index contributed by atoms with van der Waals surface area (Å²) >= 11 is 0. The van der Waals surface area contributed by atoms with Gasteiger partial charge in [-0.1, -0.05) is 13.2 Å². The molecule has 0 heterocycles. The zero-order valence-corrected chi connectivity index (χ0v) is 22.9. The van der Waals surface area contributed by atoms with Crippen molar-refractivity contribution in [2.24, 2.45) is 0 Å². The van der Waals surface area contributed by atoms with Gasteiger partial charge < -0.3 is 33.3 Å². The van der Waals surface area contributed by atoms with Gasteiger partial charge in [-0.25, -0.2) is 14.7 Å². The fourth-order valence-corrected chi connectivity index (χ4v) is 2.32. The maximum absolute atomic E-state index is 11.8. The van der Waals surface area contributed by atoms with Crippen molar-refractivity contribution in [1.82, 2.24) is 10.5 Å². The monoisotopic (exact) mass is 562 g/mol. The summed E-state index contributed by atoms with van der Waals surface area (Å²) in [5.74, 6) is -2.16. The van der Waals surface area contributed by atoms with Crippen LogP contribution in [0, 0.1) is 0 Å². The molecule has 0 radical (unpaired) electrons. The Kier molecular flexibility index (Phi) is 22.4. The van der Waals surface area contributed by atoms with Gasteiger partial charge in [-0.3, -0.25) is 14.8 Å². The fourth-order valence-electron chi connectivity index (χ4n) is 2.32. The van der Waals surface area contributed by atoms with Gasteiger partial charge in [0.25, 0.3) is 0 Å². The van der Waals surface area contributed by atoms with Crippen LogP contribution in [0.25, 0.3) is 0 Å². The molecule has 0 aromatic carbocycles. The summed E-state index contributed by atoms with van der Waals surface area (Å²) in [4.78, 5) is 50.5. The summed E-state index contributed by atoms with van der Waals surface area (Å²) in [7, 11) is 0. The van der Waals surface area contributed by atoms with E-state index < -0.39 is 30.5 Å². The third kappa shape index (κ3) is 22.8. The van der Waals surface area contributed by atoms with E-state index >= 15 is 0 Å². The summed E-state index contributed by atoms with van der Waals surface area (Å²) in [5, 5.41) is 10.1. The summed E-state index contributed by atoms with van der Waals surface area (Å²) < 4.78 is 30.9. The molecule has 2 N–H and O–H groups in total. The number of nitrogens with zero attached hydrogens (tertiary/aromatic N) is 1. The lowest BCUT2D eigenvalue weighted by Gasteiger charge is -2.15. The highest BCUT2D eigenvalue weighted by Gasteiger charge is 2.12. The van der Waals surface area contributed by atoms with Gasteiger partial charge in [0, 0.05) is 37.6 Å². The number of carbonyl (C=O) groups excluding carboxylic acids is 4. The Balaban J connectivity index is 3.52. The van der Waals surface area contributed by atoms with Gasteiger partial charge in [0.2, 0.25) is 5.91 Å². The number of nitrogens with one attached hydrogen (secondary N) is 1. The van der Waals surface area contributed by atoms with Gasteiger partial charge >= 0.3 is 17.9 Å². The summed E-state index contributed by atoms with van der Waals surface area (Å²) in [6, 6.07) is 0. The van der Waals surface area contributed by atoms with Crippen molar-refractivity contribution >= 4 is 23.8 Å². The average molecular weight is 563 g/mol. The van der Waals surface area contributed by atoms with Crippen molar-refractivity contribution < 1.29 is 57.6 Å². The van der Waals surface area contributed by atoms with Crippen LogP contribution in [0.15, 0.2) is 24.3 Å². The molecule has 0 aliphatic heterocycles. The van der Waals surface area contributed by atoms with E-state index in [1.165, 1.54) is 0 Å². The molecule has 39 heavy (non-hydrogen) atoms. The second kappa shape index (κ2) is 24.2. The van der Waals surface area contributed by atoms with Crippen molar-refractivity contribution in [1.29, 1.82) is 0 Å². The molecule has 0 aliphatic carbocycles. The lowest BCUT2D eigenvalue weighted by Crippen LogP contribution is -2.38. The lowest BCUT2D eigenvalue weighted by atomic mass is 10.4. The number of amides is 1.